The highest BCUT2D eigenvalue weighted by Crippen LogP contribution is 2.25. The molecule has 0 spiro atoms. The number of hydrogen-bond acceptors (Lipinski definition) is 7. The summed E-state index contributed by atoms with van der Waals surface area (Å²) in [6.45, 7) is 4.61. The van der Waals surface area contributed by atoms with Crippen LogP contribution in [-0.4, -0.2) is 62.4 Å². The predicted molar refractivity (Wildman–Crippen MR) is 146 cm³/mol. The van der Waals surface area contributed by atoms with Gasteiger partial charge in [0.1, 0.15) is 5.65 Å². The molecule has 3 heterocycles. The first-order chi connectivity index (χ1) is 17.4. The molecule has 0 aliphatic carbocycles. The molecule has 1 saturated heterocycles. The summed E-state index contributed by atoms with van der Waals surface area (Å²) in [6.07, 6.45) is 6.10. The quantitative estimate of drug-likeness (QED) is 0.397. The van der Waals surface area contributed by atoms with Gasteiger partial charge < -0.3 is 20.1 Å². The van der Waals surface area contributed by atoms with Gasteiger partial charge in [-0.05, 0) is 54.9 Å². The van der Waals surface area contributed by atoms with E-state index in [0.717, 1.165) is 54.9 Å². The molecule has 0 atom stereocenters. The fourth-order valence-corrected chi connectivity index (χ4v) is 5.00. The molecule has 0 amide bonds. The second-order valence-corrected chi connectivity index (χ2v) is 11.1. The molecule has 1 aliphatic heterocycles. The van der Waals surface area contributed by atoms with Crippen LogP contribution in [0.3, 0.4) is 0 Å². The minimum atomic E-state index is -3.37. The van der Waals surface area contributed by atoms with E-state index < -0.39 is 10.0 Å². The molecular weight excluding hydrogens is 474 g/mol. The molecule has 0 unspecified atom stereocenters. The van der Waals surface area contributed by atoms with Crippen molar-refractivity contribution in [1.82, 2.24) is 19.9 Å². The Morgan fingerprint density at radius 3 is 2.67 bits per heavy atom. The van der Waals surface area contributed by atoms with Crippen LogP contribution in [0, 0.1) is 0 Å². The van der Waals surface area contributed by atoms with E-state index in [1.807, 2.05) is 41.1 Å². The van der Waals surface area contributed by atoms with E-state index in [1.165, 1.54) is 16.2 Å². The molecule has 1 fully saturated rings. The van der Waals surface area contributed by atoms with Crippen LogP contribution in [0.5, 0.6) is 0 Å². The highest BCUT2D eigenvalue weighted by Gasteiger charge is 2.16. The van der Waals surface area contributed by atoms with Crippen molar-refractivity contribution in [2.75, 3.05) is 54.0 Å². The smallest absolute Gasteiger partial charge is 0.232 e. The van der Waals surface area contributed by atoms with Gasteiger partial charge in [0, 0.05) is 55.8 Å². The fourth-order valence-electron chi connectivity index (χ4n) is 4.46. The second kappa shape index (κ2) is 10.2. The Balaban J connectivity index is 1.36. The third-order valence-corrected chi connectivity index (χ3v) is 7.69. The fraction of sp³-hybridized carbons (Fsp3) is 0.308. The van der Waals surface area contributed by atoms with Crippen LogP contribution in [0.15, 0.2) is 67.0 Å². The lowest BCUT2D eigenvalue weighted by atomic mass is 10.2. The SMILES string of the molecule is CN(c1ccccc1Cn1ccc2cnc(Nc3ccc(N4CCCNCC4)cc3)nc21)S(C)(=O)=O. The Bertz CT molecular complexity index is 1440. The van der Waals surface area contributed by atoms with Gasteiger partial charge in [-0.2, -0.15) is 4.98 Å². The van der Waals surface area contributed by atoms with Gasteiger partial charge in [0.25, 0.3) is 0 Å². The van der Waals surface area contributed by atoms with Gasteiger partial charge in [-0.1, -0.05) is 18.2 Å². The number of nitrogens with zero attached hydrogens (tertiary/aromatic N) is 5. The van der Waals surface area contributed by atoms with Crippen LogP contribution in [0.25, 0.3) is 11.0 Å². The molecule has 5 rings (SSSR count). The van der Waals surface area contributed by atoms with Gasteiger partial charge in [-0.15, -0.1) is 0 Å². The minimum absolute atomic E-state index is 0.482. The van der Waals surface area contributed by atoms with Gasteiger partial charge in [0.15, 0.2) is 0 Å². The number of anilines is 4. The Morgan fingerprint density at radius 1 is 1.06 bits per heavy atom. The molecule has 9 nitrogen and oxygen atoms in total. The average molecular weight is 506 g/mol. The summed E-state index contributed by atoms with van der Waals surface area (Å²) in [5.74, 6) is 0.510. The molecule has 2 aromatic heterocycles. The van der Waals surface area contributed by atoms with Crippen molar-refractivity contribution < 1.29 is 8.42 Å². The molecule has 36 heavy (non-hydrogen) atoms. The van der Waals surface area contributed by atoms with Crippen molar-refractivity contribution in [2.45, 2.75) is 13.0 Å². The van der Waals surface area contributed by atoms with E-state index >= 15 is 0 Å². The number of nitrogens with one attached hydrogen (secondary N) is 2. The van der Waals surface area contributed by atoms with E-state index in [4.69, 9.17) is 4.98 Å². The summed E-state index contributed by atoms with van der Waals surface area (Å²) in [7, 11) is -1.80. The van der Waals surface area contributed by atoms with E-state index in [2.05, 4.69) is 44.8 Å². The summed E-state index contributed by atoms with van der Waals surface area (Å²) in [5, 5.41) is 7.67. The number of aromatic nitrogens is 3. The van der Waals surface area contributed by atoms with Crippen molar-refractivity contribution >= 4 is 44.1 Å². The Morgan fingerprint density at radius 2 is 1.86 bits per heavy atom. The maximum atomic E-state index is 12.1. The van der Waals surface area contributed by atoms with Crippen LogP contribution in [0.1, 0.15) is 12.0 Å². The van der Waals surface area contributed by atoms with Crippen molar-refractivity contribution in [3.63, 3.8) is 0 Å². The zero-order valence-electron chi connectivity index (χ0n) is 20.6. The molecule has 0 radical (unpaired) electrons. The molecular formula is C26H31N7O2S. The topological polar surface area (TPSA) is 95.4 Å². The summed E-state index contributed by atoms with van der Waals surface area (Å²) in [6, 6.07) is 17.8. The van der Waals surface area contributed by atoms with Crippen molar-refractivity contribution in [3.05, 3.63) is 72.6 Å². The normalized spacial score (nSPS) is 14.6. The maximum absolute atomic E-state index is 12.1. The number of para-hydroxylation sites is 1. The summed E-state index contributed by atoms with van der Waals surface area (Å²) >= 11 is 0. The van der Waals surface area contributed by atoms with Crippen molar-refractivity contribution in [1.29, 1.82) is 0 Å². The highest BCUT2D eigenvalue weighted by atomic mass is 32.2. The third kappa shape index (κ3) is 5.29. The first kappa shape index (κ1) is 24.1. The Labute approximate surface area is 211 Å². The molecule has 188 valence electrons. The second-order valence-electron chi connectivity index (χ2n) is 9.04. The van der Waals surface area contributed by atoms with Crippen LogP contribution < -0.4 is 19.8 Å². The highest BCUT2D eigenvalue weighted by molar-refractivity contribution is 7.92. The number of fused-ring (bicyclic) bond motifs is 1. The summed E-state index contributed by atoms with van der Waals surface area (Å²) < 4.78 is 27.6. The standard InChI is InChI=1S/C26H31N7O2S/c1-31(36(2,34)35)24-7-4-3-6-21(24)19-33-16-12-20-18-28-26(30-25(20)33)29-22-8-10-23(11-9-22)32-15-5-13-27-14-17-32/h3-4,6-12,16,18,27H,5,13-15,17,19H2,1-2H3,(H,28,29,30). The molecule has 2 aromatic carbocycles. The average Bonchev–Trinajstić information content (AvgIpc) is 3.07. The largest absolute Gasteiger partial charge is 0.370 e. The van der Waals surface area contributed by atoms with Crippen molar-refractivity contribution in [2.24, 2.45) is 0 Å². The van der Waals surface area contributed by atoms with E-state index in [9.17, 15) is 8.42 Å². The molecule has 2 N–H and O–H groups in total. The van der Waals surface area contributed by atoms with Gasteiger partial charge in [-0.25, -0.2) is 13.4 Å². The van der Waals surface area contributed by atoms with Gasteiger partial charge >= 0.3 is 0 Å². The summed E-state index contributed by atoms with van der Waals surface area (Å²) in [5.41, 5.74) is 4.44. The molecule has 0 bridgehead atoms. The molecule has 0 saturated carbocycles. The van der Waals surface area contributed by atoms with Gasteiger partial charge in [-0.3, -0.25) is 4.31 Å². The molecule has 1 aliphatic rings. The van der Waals surface area contributed by atoms with E-state index in [-0.39, 0.29) is 0 Å². The molecule has 4 aromatic rings. The first-order valence-corrected chi connectivity index (χ1v) is 13.9. The predicted octanol–water partition coefficient (Wildman–Crippen LogP) is 3.42. The van der Waals surface area contributed by atoms with Crippen LogP contribution in [-0.2, 0) is 16.6 Å². The van der Waals surface area contributed by atoms with Crippen LogP contribution in [0.4, 0.5) is 23.0 Å². The van der Waals surface area contributed by atoms with Gasteiger partial charge in [0.2, 0.25) is 16.0 Å². The monoisotopic (exact) mass is 505 g/mol. The zero-order chi connectivity index (χ0) is 25.1. The number of hydrogen-bond donors (Lipinski definition) is 2. The lowest BCUT2D eigenvalue weighted by Crippen LogP contribution is -2.27. The number of rotatable bonds is 7. The maximum Gasteiger partial charge on any atom is 0.232 e. The number of sulfonamides is 1. The van der Waals surface area contributed by atoms with Crippen LogP contribution >= 0.6 is 0 Å². The third-order valence-electron chi connectivity index (χ3n) is 6.50. The molecule has 10 heteroatoms. The lowest BCUT2D eigenvalue weighted by molar-refractivity contribution is 0.600. The van der Waals surface area contributed by atoms with Gasteiger partial charge in [0.05, 0.1) is 18.5 Å². The first-order valence-electron chi connectivity index (χ1n) is 12.0. The minimum Gasteiger partial charge on any atom is -0.370 e. The lowest BCUT2D eigenvalue weighted by Gasteiger charge is -2.22. The zero-order valence-corrected chi connectivity index (χ0v) is 21.4. The number of benzene rings is 2. The van der Waals surface area contributed by atoms with E-state index in [0.29, 0.717) is 18.2 Å². The Hall–Kier alpha value is -3.63. The van der Waals surface area contributed by atoms with E-state index in [1.54, 1.807) is 13.2 Å². The van der Waals surface area contributed by atoms with Crippen molar-refractivity contribution in [3.8, 4) is 0 Å². The van der Waals surface area contributed by atoms with Crippen LogP contribution in [0.2, 0.25) is 0 Å². The Kier molecular flexibility index (Phi) is 6.80. The summed E-state index contributed by atoms with van der Waals surface area (Å²) in [4.78, 5) is 11.6.